The first-order chi connectivity index (χ1) is 7.99. The molecule has 1 saturated carbocycles. The van der Waals surface area contributed by atoms with Gasteiger partial charge in [0.05, 0.1) is 6.10 Å². The summed E-state index contributed by atoms with van der Waals surface area (Å²) in [6.45, 7) is 8.10. The van der Waals surface area contributed by atoms with Gasteiger partial charge in [-0.15, -0.1) is 0 Å². The molecule has 0 aromatic rings. The highest BCUT2D eigenvalue weighted by atomic mass is 16.5. The van der Waals surface area contributed by atoms with E-state index in [1.807, 2.05) is 0 Å². The Kier molecular flexibility index (Phi) is 4.14. The summed E-state index contributed by atoms with van der Waals surface area (Å²) in [6, 6.07) is 0.398. The van der Waals surface area contributed by atoms with Gasteiger partial charge in [-0.2, -0.15) is 0 Å². The molecule has 4 unspecified atom stereocenters. The molecule has 2 heteroatoms. The standard InChI is InChI=1S/C15H29NO/c1-11-6-7-13(14(16)9-11)15(2,3)10-12-5-4-8-17-12/h11-14H,4-10,16H2,1-3H3. The average Bonchev–Trinajstić information content (AvgIpc) is 2.68. The Balaban J connectivity index is 1.93. The van der Waals surface area contributed by atoms with E-state index in [0.717, 1.165) is 12.5 Å². The van der Waals surface area contributed by atoms with Crippen molar-refractivity contribution in [2.24, 2.45) is 23.0 Å². The van der Waals surface area contributed by atoms with Crippen molar-refractivity contribution in [2.45, 2.75) is 71.4 Å². The van der Waals surface area contributed by atoms with Crippen LogP contribution in [0.3, 0.4) is 0 Å². The zero-order valence-corrected chi connectivity index (χ0v) is 11.7. The SMILES string of the molecule is CC1CCC(C(C)(C)CC2CCCO2)C(N)C1. The van der Waals surface area contributed by atoms with Gasteiger partial charge in [0.15, 0.2) is 0 Å². The quantitative estimate of drug-likeness (QED) is 0.819. The third kappa shape index (κ3) is 3.23. The normalized spacial score (nSPS) is 39.5. The van der Waals surface area contributed by atoms with E-state index in [9.17, 15) is 0 Å². The molecule has 1 heterocycles. The van der Waals surface area contributed by atoms with Crippen molar-refractivity contribution in [1.82, 2.24) is 0 Å². The predicted octanol–water partition coefficient (Wildman–Crippen LogP) is 3.35. The molecule has 0 aromatic carbocycles. The van der Waals surface area contributed by atoms with Crippen molar-refractivity contribution in [3.63, 3.8) is 0 Å². The molecule has 0 radical (unpaired) electrons. The predicted molar refractivity (Wildman–Crippen MR) is 71.9 cm³/mol. The molecular weight excluding hydrogens is 210 g/mol. The minimum Gasteiger partial charge on any atom is -0.378 e. The maximum absolute atomic E-state index is 6.39. The summed E-state index contributed by atoms with van der Waals surface area (Å²) in [7, 11) is 0. The van der Waals surface area contributed by atoms with Crippen LogP contribution in [0.4, 0.5) is 0 Å². The van der Waals surface area contributed by atoms with E-state index in [4.69, 9.17) is 10.5 Å². The molecular formula is C15H29NO. The van der Waals surface area contributed by atoms with Crippen LogP contribution in [-0.2, 0) is 4.74 Å². The van der Waals surface area contributed by atoms with Gasteiger partial charge in [-0.05, 0) is 49.4 Å². The fourth-order valence-corrected chi connectivity index (χ4v) is 3.94. The fraction of sp³-hybridized carbons (Fsp3) is 1.00. The molecule has 1 aliphatic heterocycles. The molecule has 2 fully saturated rings. The van der Waals surface area contributed by atoms with Crippen LogP contribution in [0.15, 0.2) is 0 Å². The van der Waals surface area contributed by atoms with Gasteiger partial charge in [-0.1, -0.05) is 27.2 Å². The van der Waals surface area contributed by atoms with Crippen LogP contribution < -0.4 is 5.73 Å². The summed E-state index contributed by atoms with van der Waals surface area (Å²) in [6.07, 6.45) is 8.06. The minimum absolute atomic E-state index is 0.342. The molecule has 1 saturated heterocycles. The molecule has 2 nitrogen and oxygen atoms in total. The smallest absolute Gasteiger partial charge is 0.0581 e. The number of hydrogen-bond acceptors (Lipinski definition) is 2. The topological polar surface area (TPSA) is 35.2 Å². The van der Waals surface area contributed by atoms with Gasteiger partial charge in [0, 0.05) is 12.6 Å². The molecule has 2 N–H and O–H groups in total. The van der Waals surface area contributed by atoms with E-state index in [2.05, 4.69) is 20.8 Å². The first-order valence-corrected chi connectivity index (χ1v) is 7.36. The van der Waals surface area contributed by atoms with E-state index < -0.39 is 0 Å². The Bertz CT molecular complexity index is 245. The Morgan fingerprint density at radius 3 is 2.59 bits per heavy atom. The molecule has 2 aliphatic rings. The Hall–Kier alpha value is -0.0800. The maximum atomic E-state index is 6.39. The number of nitrogens with two attached hydrogens (primary N) is 1. The lowest BCUT2D eigenvalue weighted by Crippen LogP contribution is -2.44. The van der Waals surface area contributed by atoms with Gasteiger partial charge < -0.3 is 10.5 Å². The van der Waals surface area contributed by atoms with E-state index in [1.165, 1.54) is 38.5 Å². The molecule has 100 valence electrons. The second-order valence-electron chi connectivity index (χ2n) is 7.02. The van der Waals surface area contributed by atoms with Crippen LogP contribution in [0.1, 0.15) is 59.3 Å². The average molecular weight is 239 g/mol. The lowest BCUT2D eigenvalue weighted by molar-refractivity contribution is 0.0286. The summed E-state index contributed by atoms with van der Waals surface area (Å²) in [4.78, 5) is 0. The van der Waals surface area contributed by atoms with Crippen LogP contribution in [0.2, 0.25) is 0 Å². The molecule has 0 aromatic heterocycles. The van der Waals surface area contributed by atoms with Gasteiger partial charge in [0.25, 0.3) is 0 Å². The van der Waals surface area contributed by atoms with Gasteiger partial charge in [-0.25, -0.2) is 0 Å². The van der Waals surface area contributed by atoms with Crippen molar-refractivity contribution < 1.29 is 4.74 Å². The molecule has 0 amide bonds. The number of rotatable bonds is 3. The Labute approximate surface area is 106 Å². The summed E-state index contributed by atoms with van der Waals surface area (Å²) in [5.41, 5.74) is 6.73. The van der Waals surface area contributed by atoms with Crippen LogP contribution >= 0.6 is 0 Å². The van der Waals surface area contributed by atoms with E-state index in [-0.39, 0.29) is 0 Å². The molecule has 4 atom stereocenters. The van der Waals surface area contributed by atoms with Gasteiger partial charge in [0.2, 0.25) is 0 Å². The monoisotopic (exact) mass is 239 g/mol. The third-order valence-corrected chi connectivity index (χ3v) is 4.94. The zero-order chi connectivity index (χ0) is 12.5. The van der Waals surface area contributed by atoms with Crippen molar-refractivity contribution in [2.75, 3.05) is 6.61 Å². The van der Waals surface area contributed by atoms with Crippen molar-refractivity contribution in [3.05, 3.63) is 0 Å². The lowest BCUT2D eigenvalue weighted by atomic mass is 9.64. The zero-order valence-electron chi connectivity index (χ0n) is 11.7. The number of hydrogen-bond donors (Lipinski definition) is 1. The highest BCUT2D eigenvalue weighted by Gasteiger charge is 2.39. The van der Waals surface area contributed by atoms with Crippen molar-refractivity contribution >= 4 is 0 Å². The fourth-order valence-electron chi connectivity index (χ4n) is 3.94. The summed E-state index contributed by atoms with van der Waals surface area (Å²) >= 11 is 0. The maximum Gasteiger partial charge on any atom is 0.0581 e. The first-order valence-electron chi connectivity index (χ1n) is 7.36. The van der Waals surface area contributed by atoms with Crippen molar-refractivity contribution in [3.8, 4) is 0 Å². The molecule has 2 rings (SSSR count). The van der Waals surface area contributed by atoms with Gasteiger partial charge >= 0.3 is 0 Å². The molecule has 17 heavy (non-hydrogen) atoms. The number of ether oxygens (including phenoxy) is 1. The second kappa shape index (κ2) is 5.27. The van der Waals surface area contributed by atoms with Gasteiger partial charge in [-0.3, -0.25) is 0 Å². The minimum atomic E-state index is 0.342. The summed E-state index contributed by atoms with van der Waals surface area (Å²) in [5, 5.41) is 0. The van der Waals surface area contributed by atoms with E-state index in [0.29, 0.717) is 23.5 Å². The van der Waals surface area contributed by atoms with E-state index >= 15 is 0 Å². The molecule has 0 spiro atoms. The van der Waals surface area contributed by atoms with Gasteiger partial charge in [0.1, 0.15) is 0 Å². The molecule has 0 bridgehead atoms. The van der Waals surface area contributed by atoms with E-state index in [1.54, 1.807) is 0 Å². The van der Waals surface area contributed by atoms with Crippen molar-refractivity contribution in [1.29, 1.82) is 0 Å². The van der Waals surface area contributed by atoms with Crippen LogP contribution in [-0.4, -0.2) is 18.8 Å². The van der Waals surface area contributed by atoms with Crippen LogP contribution in [0.5, 0.6) is 0 Å². The Morgan fingerprint density at radius 1 is 1.24 bits per heavy atom. The third-order valence-electron chi connectivity index (χ3n) is 4.94. The largest absolute Gasteiger partial charge is 0.378 e. The lowest BCUT2D eigenvalue weighted by Gasteiger charge is -2.43. The summed E-state index contributed by atoms with van der Waals surface area (Å²) in [5.74, 6) is 1.50. The first kappa shape index (κ1) is 13.4. The highest BCUT2D eigenvalue weighted by Crippen LogP contribution is 2.43. The Morgan fingerprint density at radius 2 is 2.00 bits per heavy atom. The highest BCUT2D eigenvalue weighted by molar-refractivity contribution is 4.92. The van der Waals surface area contributed by atoms with Crippen LogP contribution in [0, 0.1) is 17.3 Å². The van der Waals surface area contributed by atoms with Crippen LogP contribution in [0.25, 0.3) is 0 Å². The molecule has 1 aliphatic carbocycles. The summed E-state index contributed by atoms with van der Waals surface area (Å²) < 4.78 is 5.80. The second-order valence-corrected chi connectivity index (χ2v) is 7.02.